The summed E-state index contributed by atoms with van der Waals surface area (Å²) >= 11 is 1.87. The second kappa shape index (κ2) is 12.5. The van der Waals surface area contributed by atoms with Gasteiger partial charge in [-0.3, -0.25) is 0 Å². The molecule has 0 spiro atoms. The monoisotopic (exact) mass is 759 g/mol. The summed E-state index contributed by atoms with van der Waals surface area (Å²) in [5.74, 6) is 1.79. The van der Waals surface area contributed by atoms with E-state index in [0.29, 0.717) is 0 Å². The Labute approximate surface area is 341 Å². The Bertz CT molecular complexity index is 3280. The van der Waals surface area contributed by atoms with Crippen molar-refractivity contribution in [3.05, 3.63) is 199 Å². The molecule has 10 aromatic rings. The summed E-state index contributed by atoms with van der Waals surface area (Å²) in [5, 5.41) is 4.92. The first-order valence-electron chi connectivity index (χ1n) is 20.0. The summed E-state index contributed by atoms with van der Waals surface area (Å²) in [6.07, 6.45) is 0. The van der Waals surface area contributed by atoms with Crippen LogP contribution in [0, 0.1) is 0 Å². The van der Waals surface area contributed by atoms with Gasteiger partial charge in [0, 0.05) is 42.2 Å². The van der Waals surface area contributed by atoms with Crippen molar-refractivity contribution in [3.8, 4) is 56.0 Å². The van der Waals surface area contributed by atoms with Crippen molar-refractivity contribution in [2.45, 2.75) is 19.3 Å². The smallest absolute Gasteiger partial charge is 0.135 e. The number of benzene rings is 9. The van der Waals surface area contributed by atoms with Gasteiger partial charge in [-0.25, -0.2) is 0 Å². The molecule has 1 aliphatic heterocycles. The minimum absolute atomic E-state index is 0.182. The van der Waals surface area contributed by atoms with Crippen LogP contribution >= 0.6 is 11.3 Å². The van der Waals surface area contributed by atoms with E-state index in [2.05, 4.69) is 207 Å². The maximum Gasteiger partial charge on any atom is 0.135 e. The molecule has 0 N–H and O–H groups in total. The molecule has 0 unspecified atom stereocenters. The van der Waals surface area contributed by atoms with Crippen molar-refractivity contribution in [2.24, 2.45) is 0 Å². The van der Waals surface area contributed by atoms with Crippen molar-refractivity contribution in [1.82, 2.24) is 0 Å². The second-order valence-corrected chi connectivity index (χ2v) is 17.1. The van der Waals surface area contributed by atoms with Gasteiger partial charge in [-0.1, -0.05) is 147 Å². The standard InChI is InChI=1S/C55H37NOS/c1-55(2)45-20-8-6-15-39(45)43-19-11-22-47(54(43)55)56(46-21-12-24-51-53(46)44-16-7-9-23-50(44)58-51)37-28-25-35(26-29-37)38-31-32-48-52-41(38)17-10-18-42(52)40-30-27-36(33-49(40)57-48)34-13-4-3-5-14-34/h3-33H,1-2H3. The number of anilines is 3. The second-order valence-electron chi connectivity index (χ2n) is 16.0. The average molecular weight is 760 g/mol. The number of ether oxygens (including phenoxy) is 1. The Morgan fingerprint density at radius 3 is 2.00 bits per heavy atom. The highest BCUT2D eigenvalue weighted by Gasteiger charge is 2.39. The SMILES string of the molecule is CC1(C)c2ccccc2-c2cccc(N(c3ccc(-c4ccc5c6c(cccc46)-c4ccc(-c6ccccc6)cc4O5)cc3)c3cccc4sc5ccccc5c34)c21. The minimum atomic E-state index is -0.182. The quantitative estimate of drug-likeness (QED) is 0.173. The fraction of sp³-hybridized carbons (Fsp3) is 0.0545. The topological polar surface area (TPSA) is 12.5 Å². The van der Waals surface area contributed by atoms with Gasteiger partial charge in [-0.05, 0) is 110 Å². The molecule has 0 amide bonds. The number of rotatable bonds is 5. The van der Waals surface area contributed by atoms with Crippen LogP contribution in [0.4, 0.5) is 17.1 Å². The van der Waals surface area contributed by atoms with Crippen LogP contribution in [0.3, 0.4) is 0 Å². The van der Waals surface area contributed by atoms with Crippen LogP contribution in [0.25, 0.3) is 75.5 Å². The number of hydrogen-bond donors (Lipinski definition) is 0. The maximum absolute atomic E-state index is 6.68. The lowest BCUT2D eigenvalue weighted by molar-refractivity contribution is 0.487. The summed E-state index contributed by atoms with van der Waals surface area (Å²) in [6, 6.07) is 68.7. The molecule has 0 saturated carbocycles. The fourth-order valence-corrected chi connectivity index (χ4v) is 11.0. The zero-order valence-corrected chi connectivity index (χ0v) is 33.0. The lowest BCUT2D eigenvalue weighted by Gasteiger charge is -2.32. The summed E-state index contributed by atoms with van der Waals surface area (Å²) in [6.45, 7) is 4.76. The highest BCUT2D eigenvalue weighted by molar-refractivity contribution is 7.26. The van der Waals surface area contributed by atoms with Crippen LogP contribution in [-0.4, -0.2) is 0 Å². The number of thiophene rings is 1. The molecule has 0 fully saturated rings. The van der Waals surface area contributed by atoms with E-state index in [9.17, 15) is 0 Å². The zero-order valence-electron chi connectivity index (χ0n) is 32.2. The molecule has 12 rings (SSSR count). The molecule has 2 heterocycles. The molecule has 0 atom stereocenters. The van der Waals surface area contributed by atoms with E-state index in [0.717, 1.165) is 33.7 Å². The molecule has 0 radical (unpaired) electrons. The zero-order chi connectivity index (χ0) is 38.5. The van der Waals surface area contributed by atoms with Crippen LogP contribution in [0.5, 0.6) is 11.5 Å². The van der Waals surface area contributed by atoms with Gasteiger partial charge in [0.1, 0.15) is 11.5 Å². The number of nitrogens with zero attached hydrogens (tertiary/aromatic N) is 1. The number of hydrogen-bond acceptors (Lipinski definition) is 3. The molecule has 2 nitrogen and oxygen atoms in total. The van der Waals surface area contributed by atoms with Crippen molar-refractivity contribution in [1.29, 1.82) is 0 Å². The van der Waals surface area contributed by atoms with E-state index in [-0.39, 0.29) is 5.41 Å². The molecule has 0 bridgehead atoms. The fourth-order valence-electron chi connectivity index (χ4n) is 9.84. The van der Waals surface area contributed by atoms with Gasteiger partial charge < -0.3 is 9.64 Å². The highest BCUT2D eigenvalue weighted by atomic mass is 32.1. The molecule has 1 aliphatic carbocycles. The third kappa shape index (κ3) is 4.84. The van der Waals surface area contributed by atoms with E-state index in [1.807, 2.05) is 11.3 Å². The van der Waals surface area contributed by atoms with Crippen LogP contribution < -0.4 is 9.64 Å². The predicted molar refractivity (Wildman–Crippen MR) is 245 cm³/mol. The van der Waals surface area contributed by atoms with Gasteiger partial charge in [-0.15, -0.1) is 11.3 Å². The normalized spacial score (nSPS) is 13.3. The van der Waals surface area contributed by atoms with Gasteiger partial charge in [0.05, 0.1) is 11.4 Å². The van der Waals surface area contributed by atoms with Gasteiger partial charge >= 0.3 is 0 Å². The highest BCUT2D eigenvalue weighted by Crippen LogP contribution is 2.56. The van der Waals surface area contributed by atoms with E-state index in [1.165, 1.54) is 81.4 Å². The Kier molecular flexibility index (Phi) is 7.18. The van der Waals surface area contributed by atoms with Gasteiger partial charge in [0.15, 0.2) is 0 Å². The first-order chi connectivity index (χ1) is 28.5. The largest absolute Gasteiger partial charge is 0.456 e. The first-order valence-corrected chi connectivity index (χ1v) is 20.8. The lowest BCUT2D eigenvalue weighted by Crippen LogP contribution is -2.20. The number of fused-ring (bicyclic) bond motifs is 8. The van der Waals surface area contributed by atoms with E-state index < -0.39 is 0 Å². The molecule has 9 aromatic carbocycles. The van der Waals surface area contributed by atoms with E-state index in [1.54, 1.807) is 0 Å². The van der Waals surface area contributed by atoms with Crippen LogP contribution in [0.15, 0.2) is 188 Å². The van der Waals surface area contributed by atoms with Gasteiger partial charge in [0.2, 0.25) is 0 Å². The Hall–Kier alpha value is -6.94. The Balaban J connectivity index is 1.01. The average Bonchev–Trinajstić information content (AvgIpc) is 3.77. The molecule has 2 aliphatic rings. The van der Waals surface area contributed by atoms with Gasteiger partial charge in [-0.2, -0.15) is 0 Å². The van der Waals surface area contributed by atoms with Crippen LogP contribution in [0.1, 0.15) is 25.0 Å². The summed E-state index contributed by atoms with van der Waals surface area (Å²) in [4.78, 5) is 2.52. The molecule has 274 valence electrons. The first kappa shape index (κ1) is 33.2. The van der Waals surface area contributed by atoms with Crippen molar-refractivity contribution in [2.75, 3.05) is 4.90 Å². The molecule has 58 heavy (non-hydrogen) atoms. The molecule has 3 heteroatoms. The minimum Gasteiger partial charge on any atom is -0.456 e. The van der Waals surface area contributed by atoms with Crippen molar-refractivity contribution >= 4 is 59.3 Å². The third-order valence-electron chi connectivity index (χ3n) is 12.5. The summed E-state index contributed by atoms with van der Waals surface area (Å²) in [7, 11) is 0. The van der Waals surface area contributed by atoms with Crippen LogP contribution in [-0.2, 0) is 5.41 Å². The molecular weight excluding hydrogens is 723 g/mol. The third-order valence-corrected chi connectivity index (χ3v) is 13.6. The molecule has 1 aromatic heterocycles. The van der Waals surface area contributed by atoms with Gasteiger partial charge in [0.25, 0.3) is 0 Å². The van der Waals surface area contributed by atoms with E-state index in [4.69, 9.17) is 4.74 Å². The Morgan fingerprint density at radius 2 is 1.10 bits per heavy atom. The van der Waals surface area contributed by atoms with Crippen molar-refractivity contribution < 1.29 is 4.74 Å². The molecular formula is C55H37NOS. The predicted octanol–water partition coefficient (Wildman–Crippen LogP) is 16.1. The van der Waals surface area contributed by atoms with Crippen LogP contribution in [0.2, 0.25) is 0 Å². The lowest BCUT2D eigenvalue weighted by atomic mass is 9.81. The Morgan fingerprint density at radius 1 is 0.431 bits per heavy atom. The summed E-state index contributed by atoms with van der Waals surface area (Å²) in [5.41, 5.74) is 15.7. The maximum atomic E-state index is 6.68. The molecule has 0 saturated heterocycles. The van der Waals surface area contributed by atoms with Crippen molar-refractivity contribution in [3.63, 3.8) is 0 Å². The summed E-state index contributed by atoms with van der Waals surface area (Å²) < 4.78 is 9.28. The van der Waals surface area contributed by atoms with E-state index >= 15 is 0 Å².